The first-order valence-electron chi connectivity index (χ1n) is 8.53. The van der Waals surface area contributed by atoms with Gasteiger partial charge in [-0.3, -0.25) is 4.79 Å². The maximum Gasteiger partial charge on any atom is 0.342 e. The van der Waals surface area contributed by atoms with Crippen molar-refractivity contribution in [3.8, 4) is 28.7 Å². The number of aromatic hydroxyl groups is 1. The number of hydrogen-bond acceptors (Lipinski definition) is 8. The lowest BCUT2D eigenvalue weighted by Gasteiger charge is -2.14. The third kappa shape index (κ3) is 5.44. The van der Waals surface area contributed by atoms with Crippen molar-refractivity contribution < 1.29 is 38.4 Å². The minimum absolute atomic E-state index is 0.0665. The monoisotopic (exact) mass is 405 g/mol. The molecule has 2 aromatic rings. The Morgan fingerprint density at radius 1 is 0.931 bits per heavy atom. The lowest BCUT2D eigenvalue weighted by molar-refractivity contribution is -0.124. The van der Waals surface area contributed by atoms with Gasteiger partial charge in [0.15, 0.2) is 18.1 Å². The molecular weight excluding hydrogens is 382 g/mol. The van der Waals surface area contributed by atoms with Crippen molar-refractivity contribution in [2.45, 2.75) is 6.54 Å². The van der Waals surface area contributed by atoms with Gasteiger partial charge < -0.3 is 34.1 Å². The molecule has 0 radical (unpaired) electrons. The van der Waals surface area contributed by atoms with Gasteiger partial charge in [0.2, 0.25) is 5.75 Å². The summed E-state index contributed by atoms with van der Waals surface area (Å²) in [6.07, 6.45) is 0. The molecule has 0 aromatic heterocycles. The van der Waals surface area contributed by atoms with Gasteiger partial charge in [-0.2, -0.15) is 0 Å². The Labute approximate surface area is 168 Å². The second-order valence-corrected chi connectivity index (χ2v) is 5.77. The Hall–Kier alpha value is -3.62. The molecule has 0 aliphatic heterocycles. The van der Waals surface area contributed by atoms with Crippen LogP contribution in [0.15, 0.2) is 30.3 Å². The van der Waals surface area contributed by atoms with Crippen LogP contribution >= 0.6 is 0 Å². The van der Waals surface area contributed by atoms with E-state index in [4.69, 9.17) is 23.7 Å². The Kier molecular flexibility index (Phi) is 7.53. The number of rotatable bonds is 9. The third-order valence-corrected chi connectivity index (χ3v) is 3.97. The molecule has 9 nitrogen and oxygen atoms in total. The third-order valence-electron chi connectivity index (χ3n) is 3.97. The highest BCUT2D eigenvalue weighted by molar-refractivity contribution is 5.94. The van der Waals surface area contributed by atoms with Crippen LogP contribution in [0.5, 0.6) is 28.7 Å². The zero-order valence-electron chi connectivity index (χ0n) is 16.6. The highest BCUT2D eigenvalue weighted by atomic mass is 16.5. The van der Waals surface area contributed by atoms with E-state index in [2.05, 4.69) is 5.32 Å². The fourth-order valence-corrected chi connectivity index (χ4v) is 2.51. The van der Waals surface area contributed by atoms with E-state index in [1.807, 2.05) is 0 Å². The predicted octanol–water partition coefficient (Wildman–Crippen LogP) is 1.90. The van der Waals surface area contributed by atoms with E-state index in [0.29, 0.717) is 28.6 Å². The fraction of sp³-hybridized carbons (Fsp3) is 0.300. The maximum atomic E-state index is 12.0. The highest BCUT2D eigenvalue weighted by Gasteiger charge is 2.16. The van der Waals surface area contributed by atoms with Crippen molar-refractivity contribution in [1.82, 2.24) is 5.32 Å². The van der Waals surface area contributed by atoms with Crippen LogP contribution in [-0.2, 0) is 16.1 Å². The number of nitrogens with one attached hydrogen (secondary N) is 1. The molecular formula is C20H23NO8. The first kappa shape index (κ1) is 21.7. The summed E-state index contributed by atoms with van der Waals surface area (Å²) in [7, 11) is 5.92. The van der Waals surface area contributed by atoms with Crippen molar-refractivity contribution >= 4 is 11.9 Å². The van der Waals surface area contributed by atoms with E-state index in [-0.39, 0.29) is 17.9 Å². The second-order valence-electron chi connectivity index (χ2n) is 5.77. The van der Waals surface area contributed by atoms with Crippen LogP contribution in [0, 0.1) is 0 Å². The molecule has 9 heteroatoms. The van der Waals surface area contributed by atoms with Crippen LogP contribution in [0.25, 0.3) is 0 Å². The number of carbonyl (C=O) groups is 2. The number of phenols is 1. The van der Waals surface area contributed by atoms with Crippen LogP contribution < -0.4 is 24.3 Å². The molecule has 0 unspecified atom stereocenters. The largest absolute Gasteiger partial charge is 0.507 e. The van der Waals surface area contributed by atoms with Crippen molar-refractivity contribution in [2.75, 3.05) is 35.0 Å². The van der Waals surface area contributed by atoms with Crippen LogP contribution in [0.3, 0.4) is 0 Å². The number of benzene rings is 2. The van der Waals surface area contributed by atoms with Gasteiger partial charge in [-0.1, -0.05) is 0 Å². The molecule has 0 aliphatic rings. The van der Waals surface area contributed by atoms with Crippen LogP contribution in [0.2, 0.25) is 0 Å². The normalized spacial score (nSPS) is 10.1. The average molecular weight is 405 g/mol. The van der Waals surface area contributed by atoms with Gasteiger partial charge in [-0.15, -0.1) is 0 Å². The van der Waals surface area contributed by atoms with Gasteiger partial charge in [0.05, 0.1) is 28.4 Å². The molecule has 0 saturated heterocycles. The zero-order valence-corrected chi connectivity index (χ0v) is 16.6. The topological polar surface area (TPSA) is 113 Å². The first-order valence-corrected chi connectivity index (χ1v) is 8.53. The van der Waals surface area contributed by atoms with Crippen LogP contribution in [-0.4, -0.2) is 52.0 Å². The number of phenolic OH excluding ortho intramolecular Hbond substituents is 1. The standard InChI is InChI=1S/C20H23NO8/c1-25-13-5-6-14(15(22)9-13)20(24)29-11-18(23)21-10-12-7-16(26-2)19(28-4)17(8-12)27-3/h5-9,22H,10-11H2,1-4H3,(H,21,23). The first-order chi connectivity index (χ1) is 13.9. The lowest BCUT2D eigenvalue weighted by Crippen LogP contribution is -2.28. The molecule has 0 fully saturated rings. The molecule has 156 valence electrons. The molecule has 0 heterocycles. The Morgan fingerprint density at radius 2 is 1.59 bits per heavy atom. The van der Waals surface area contributed by atoms with E-state index in [1.165, 1.54) is 46.6 Å². The zero-order chi connectivity index (χ0) is 21.4. The lowest BCUT2D eigenvalue weighted by atomic mass is 10.1. The van der Waals surface area contributed by atoms with Crippen LogP contribution in [0.1, 0.15) is 15.9 Å². The highest BCUT2D eigenvalue weighted by Crippen LogP contribution is 2.38. The quantitative estimate of drug-likeness (QED) is 0.609. The van der Waals surface area contributed by atoms with Crippen LogP contribution in [0.4, 0.5) is 0 Å². The molecule has 0 atom stereocenters. The van der Waals surface area contributed by atoms with Gasteiger partial charge >= 0.3 is 5.97 Å². The molecule has 0 saturated carbocycles. The Bertz CT molecular complexity index is 856. The number of esters is 1. The van der Waals surface area contributed by atoms with E-state index in [9.17, 15) is 14.7 Å². The van der Waals surface area contributed by atoms with Gasteiger partial charge in [0.25, 0.3) is 5.91 Å². The minimum Gasteiger partial charge on any atom is -0.507 e. The second kappa shape index (κ2) is 10.1. The molecule has 0 aliphatic carbocycles. The summed E-state index contributed by atoms with van der Waals surface area (Å²) in [5.41, 5.74) is 0.634. The maximum absolute atomic E-state index is 12.0. The molecule has 2 rings (SSSR count). The molecule has 0 spiro atoms. The van der Waals surface area contributed by atoms with Crippen molar-refractivity contribution in [3.63, 3.8) is 0 Å². The average Bonchev–Trinajstić information content (AvgIpc) is 2.74. The van der Waals surface area contributed by atoms with Crippen molar-refractivity contribution in [2.24, 2.45) is 0 Å². The smallest absolute Gasteiger partial charge is 0.342 e. The number of amides is 1. The Balaban J connectivity index is 1.94. The van der Waals surface area contributed by atoms with Gasteiger partial charge in [0.1, 0.15) is 17.1 Å². The summed E-state index contributed by atoms with van der Waals surface area (Å²) in [4.78, 5) is 24.0. The van der Waals surface area contributed by atoms with E-state index < -0.39 is 18.5 Å². The molecule has 2 aromatic carbocycles. The van der Waals surface area contributed by atoms with Gasteiger partial charge in [0, 0.05) is 12.6 Å². The van der Waals surface area contributed by atoms with Crippen molar-refractivity contribution in [1.29, 1.82) is 0 Å². The summed E-state index contributed by atoms with van der Waals surface area (Å²) >= 11 is 0. The van der Waals surface area contributed by atoms with E-state index >= 15 is 0 Å². The molecule has 29 heavy (non-hydrogen) atoms. The number of ether oxygens (including phenoxy) is 5. The SMILES string of the molecule is COc1ccc(C(=O)OCC(=O)NCc2cc(OC)c(OC)c(OC)c2)c(O)c1. The summed E-state index contributed by atoms with van der Waals surface area (Å²) in [6, 6.07) is 7.53. The van der Waals surface area contributed by atoms with E-state index in [1.54, 1.807) is 12.1 Å². The predicted molar refractivity (Wildman–Crippen MR) is 103 cm³/mol. The fourth-order valence-electron chi connectivity index (χ4n) is 2.51. The molecule has 0 bridgehead atoms. The summed E-state index contributed by atoms with van der Waals surface area (Å²) in [5, 5.41) is 12.5. The van der Waals surface area contributed by atoms with Gasteiger partial charge in [-0.05, 0) is 29.8 Å². The molecule has 1 amide bonds. The molecule has 2 N–H and O–H groups in total. The van der Waals surface area contributed by atoms with E-state index in [0.717, 1.165) is 0 Å². The summed E-state index contributed by atoms with van der Waals surface area (Å²) in [6.45, 7) is -0.352. The summed E-state index contributed by atoms with van der Waals surface area (Å²) in [5.74, 6) is 0.107. The minimum atomic E-state index is -0.826. The Morgan fingerprint density at radius 3 is 2.10 bits per heavy atom. The number of hydrogen-bond donors (Lipinski definition) is 2. The van der Waals surface area contributed by atoms with Gasteiger partial charge in [-0.25, -0.2) is 4.79 Å². The van der Waals surface area contributed by atoms with Crippen molar-refractivity contribution in [3.05, 3.63) is 41.5 Å². The number of carbonyl (C=O) groups excluding carboxylic acids is 2. The summed E-state index contributed by atoms with van der Waals surface area (Å²) < 4.78 is 25.7. The number of methoxy groups -OCH3 is 4.